The third-order valence-electron chi connectivity index (χ3n) is 6.87. The Morgan fingerprint density at radius 1 is 1.13 bits per heavy atom. The van der Waals surface area contributed by atoms with Gasteiger partial charge in [-0.1, -0.05) is 12.8 Å². The summed E-state index contributed by atoms with van der Waals surface area (Å²) in [6, 6.07) is 6.16. The Morgan fingerprint density at radius 2 is 1.91 bits per heavy atom. The number of carbonyl (C=O) groups is 1. The highest BCUT2D eigenvalue weighted by molar-refractivity contribution is 5.98. The van der Waals surface area contributed by atoms with E-state index in [4.69, 9.17) is 5.73 Å². The van der Waals surface area contributed by atoms with Crippen molar-refractivity contribution in [1.82, 2.24) is 0 Å². The van der Waals surface area contributed by atoms with E-state index in [1.807, 2.05) is 6.07 Å². The van der Waals surface area contributed by atoms with Crippen molar-refractivity contribution in [3.05, 3.63) is 23.8 Å². The first-order valence-electron chi connectivity index (χ1n) is 9.40. The number of nitrogen functional groups attached to an aromatic ring is 1. The Morgan fingerprint density at radius 3 is 2.65 bits per heavy atom. The molecule has 2 atom stereocenters. The molecule has 0 bridgehead atoms. The smallest absolute Gasteiger partial charge is 0.227 e. The van der Waals surface area contributed by atoms with Crippen LogP contribution >= 0.6 is 0 Å². The van der Waals surface area contributed by atoms with E-state index in [2.05, 4.69) is 17.0 Å². The van der Waals surface area contributed by atoms with E-state index in [0.717, 1.165) is 29.9 Å². The SMILES string of the molecule is Nc1ccc2c(c1)CCC(=O)N2C1(C2CC2C2CC2)CCCC1. The number of rotatable bonds is 3. The lowest BCUT2D eigenvalue weighted by molar-refractivity contribution is -0.120. The van der Waals surface area contributed by atoms with Crippen molar-refractivity contribution in [2.75, 3.05) is 10.6 Å². The fourth-order valence-electron chi connectivity index (χ4n) is 5.63. The summed E-state index contributed by atoms with van der Waals surface area (Å²) in [5, 5.41) is 0. The Hall–Kier alpha value is -1.51. The maximum absolute atomic E-state index is 13.0. The molecule has 23 heavy (non-hydrogen) atoms. The molecule has 1 aliphatic heterocycles. The summed E-state index contributed by atoms with van der Waals surface area (Å²) in [4.78, 5) is 15.2. The number of hydrogen-bond acceptors (Lipinski definition) is 2. The van der Waals surface area contributed by atoms with Gasteiger partial charge in [0.05, 0.1) is 5.54 Å². The lowest BCUT2D eigenvalue weighted by Crippen LogP contribution is -2.54. The fraction of sp³-hybridized carbons (Fsp3) is 0.650. The lowest BCUT2D eigenvalue weighted by Gasteiger charge is -2.45. The van der Waals surface area contributed by atoms with E-state index < -0.39 is 0 Å². The monoisotopic (exact) mass is 310 g/mol. The van der Waals surface area contributed by atoms with Crippen LogP contribution in [0.4, 0.5) is 11.4 Å². The van der Waals surface area contributed by atoms with Crippen LogP contribution in [0.25, 0.3) is 0 Å². The molecular weight excluding hydrogens is 284 g/mol. The van der Waals surface area contributed by atoms with Gasteiger partial charge in [-0.2, -0.15) is 0 Å². The summed E-state index contributed by atoms with van der Waals surface area (Å²) in [5.41, 5.74) is 9.37. The number of hydrogen-bond donors (Lipinski definition) is 1. The molecule has 3 saturated carbocycles. The van der Waals surface area contributed by atoms with Crippen molar-refractivity contribution in [2.24, 2.45) is 17.8 Å². The molecule has 3 fully saturated rings. The number of nitrogens with two attached hydrogens (primary N) is 1. The molecule has 0 spiro atoms. The summed E-state index contributed by atoms with van der Waals surface area (Å²) < 4.78 is 0. The van der Waals surface area contributed by atoms with Crippen molar-refractivity contribution < 1.29 is 4.79 Å². The standard InChI is InChI=1S/C20H26N2O/c21-15-6-7-18-14(11-15)5-8-19(23)22(18)20(9-1-2-10-20)17-12-16(17)13-3-4-13/h6-7,11,13,16-17H,1-5,8-10,12,21H2. The van der Waals surface area contributed by atoms with Crippen LogP contribution in [-0.2, 0) is 11.2 Å². The van der Waals surface area contributed by atoms with Gasteiger partial charge < -0.3 is 10.6 Å². The third kappa shape index (κ3) is 2.05. The van der Waals surface area contributed by atoms with Gasteiger partial charge in [0.2, 0.25) is 5.91 Å². The van der Waals surface area contributed by atoms with Gasteiger partial charge in [0.25, 0.3) is 0 Å². The summed E-state index contributed by atoms with van der Waals surface area (Å²) in [7, 11) is 0. The molecule has 5 rings (SSSR count). The van der Waals surface area contributed by atoms with Crippen LogP contribution < -0.4 is 10.6 Å². The van der Waals surface area contributed by atoms with Crippen LogP contribution in [0.1, 0.15) is 56.9 Å². The Bertz CT molecular complexity index is 658. The maximum atomic E-state index is 13.0. The predicted octanol–water partition coefficient (Wildman–Crippen LogP) is 3.91. The van der Waals surface area contributed by atoms with Gasteiger partial charge in [-0.25, -0.2) is 0 Å². The van der Waals surface area contributed by atoms with E-state index in [9.17, 15) is 4.79 Å². The number of fused-ring (bicyclic) bond motifs is 1. The Kier molecular flexibility index (Phi) is 2.87. The number of amides is 1. The van der Waals surface area contributed by atoms with Crippen molar-refractivity contribution in [3.63, 3.8) is 0 Å². The average molecular weight is 310 g/mol. The molecule has 3 heteroatoms. The molecule has 4 aliphatic rings. The first-order valence-corrected chi connectivity index (χ1v) is 9.40. The van der Waals surface area contributed by atoms with E-state index in [-0.39, 0.29) is 5.54 Å². The largest absolute Gasteiger partial charge is 0.399 e. The zero-order chi connectivity index (χ0) is 15.6. The molecule has 0 saturated heterocycles. The second-order valence-corrected chi connectivity index (χ2v) is 8.27. The summed E-state index contributed by atoms with van der Waals surface area (Å²) >= 11 is 0. The minimum Gasteiger partial charge on any atom is -0.399 e. The normalized spacial score (nSPS) is 32.0. The number of nitrogens with zero attached hydrogens (tertiary/aromatic N) is 1. The van der Waals surface area contributed by atoms with Gasteiger partial charge in [0, 0.05) is 17.8 Å². The molecule has 1 aromatic rings. The summed E-state index contributed by atoms with van der Waals surface area (Å²) in [5.74, 6) is 2.99. The highest BCUT2D eigenvalue weighted by Gasteiger charge is 2.61. The Labute approximate surface area is 138 Å². The zero-order valence-electron chi connectivity index (χ0n) is 13.8. The van der Waals surface area contributed by atoms with Gasteiger partial charge in [-0.15, -0.1) is 0 Å². The first-order chi connectivity index (χ1) is 11.2. The van der Waals surface area contributed by atoms with Crippen molar-refractivity contribution in [3.8, 4) is 0 Å². The molecule has 1 amide bonds. The van der Waals surface area contributed by atoms with Crippen LogP contribution in [-0.4, -0.2) is 11.4 Å². The molecule has 1 aromatic carbocycles. The third-order valence-corrected chi connectivity index (χ3v) is 6.87. The molecule has 0 aromatic heterocycles. The highest BCUT2D eigenvalue weighted by atomic mass is 16.2. The van der Waals surface area contributed by atoms with Gasteiger partial charge >= 0.3 is 0 Å². The molecule has 2 N–H and O–H groups in total. The van der Waals surface area contributed by atoms with E-state index >= 15 is 0 Å². The molecule has 3 aliphatic carbocycles. The molecular formula is C20H26N2O. The van der Waals surface area contributed by atoms with Gasteiger partial charge in [0.15, 0.2) is 0 Å². The van der Waals surface area contributed by atoms with Crippen LogP contribution in [0.5, 0.6) is 0 Å². The number of aryl methyl sites for hydroxylation is 1. The van der Waals surface area contributed by atoms with Crippen molar-refractivity contribution in [2.45, 2.75) is 63.3 Å². The second kappa shape index (κ2) is 4.75. The van der Waals surface area contributed by atoms with Crippen LogP contribution in [0, 0.1) is 17.8 Å². The van der Waals surface area contributed by atoms with E-state index in [0.29, 0.717) is 12.3 Å². The summed E-state index contributed by atoms with van der Waals surface area (Å²) in [6.45, 7) is 0. The van der Waals surface area contributed by atoms with Crippen LogP contribution in [0.2, 0.25) is 0 Å². The summed E-state index contributed by atoms with van der Waals surface area (Å²) in [6.07, 6.45) is 10.7. The zero-order valence-corrected chi connectivity index (χ0v) is 13.8. The van der Waals surface area contributed by atoms with Crippen LogP contribution in [0.15, 0.2) is 18.2 Å². The Balaban J connectivity index is 1.57. The second-order valence-electron chi connectivity index (χ2n) is 8.27. The minimum absolute atomic E-state index is 0.121. The highest BCUT2D eigenvalue weighted by Crippen LogP contribution is 2.63. The quantitative estimate of drug-likeness (QED) is 0.860. The number of benzene rings is 1. The first kappa shape index (κ1) is 13.9. The lowest BCUT2D eigenvalue weighted by atomic mass is 9.83. The predicted molar refractivity (Wildman–Crippen MR) is 92.2 cm³/mol. The van der Waals surface area contributed by atoms with Gasteiger partial charge in [-0.3, -0.25) is 4.79 Å². The van der Waals surface area contributed by atoms with Gasteiger partial charge in [-0.05, 0) is 80.0 Å². The molecule has 2 unspecified atom stereocenters. The minimum atomic E-state index is 0.121. The van der Waals surface area contributed by atoms with E-state index in [1.54, 1.807) is 0 Å². The number of anilines is 2. The molecule has 1 heterocycles. The van der Waals surface area contributed by atoms with Crippen LogP contribution in [0.3, 0.4) is 0 Å². The molecule has 0 radical (unpaired) electrons. The topological polar surface area (TPSA) is 46.3 Å². The molecule has 122 valence electrons. The molecule has 3 nitrogen and oxygen atoms in total. The number of carbonyl (C=O) groups excluding carboxylic acids is 1. The van der Waals surface area contributed by atoms with Crippen molar-refractivity contribution in [1.29, 1.82) is 0 Å². The van der Waals surface area contributed by atoms with Crippen molar-refractivity contribution >= 4 is 17.3 Å². The average Bonchev–Trinajstić information content (AvgIpc) is 3.45. The maximum Gasteiger partial charge on any atom is 0.227 e. The fourth-order valence-corrected chi connectivity index (χ4v) is 5.63. The van der Waals surface area contributed by atoms with E-state index in [1.165, 1.54) is 56.2 Å². The van der Waals surface area contributed by atoms with Gasteiger partial charge in [0.1, 0.15) is 0 Å².